The number of benzene rings is 1. The van der Waals surface area contributed by atoms with Crippen LogP contribution in [0.2, 0.25) is 0 Å². The van der Waals surface area contributed by atoms with Crippen molar-refractivity contribution < 1.29 is 9.47 Å². The molecule has 3 N–H and O–H groups in total. The molecule has 0 radical (unpaired) electrons. The van der Waals surface area contributed by atoms with Gasteiger partial charge in [0.1, 0.15) is 0 Å². The fourth-order valence-corrected chi connectivity index (χ4v) is 2.28. The van der Waals surface area contributed by atoms with Crippen molar-refractivity contribution in [2.24, 2.45) is 5.73 Å². The third-order valence-corrected chi connectivity index (χ3v) is 3.23. The maximum absolute atomic E-state index is 6.02. The van der Waals surface area contributed by atoms with Crippen LogP contribution in [0.15, 0.2) is 18.2 Å². The molecular formula is C14H22N2O2. The Morgan fingerprint density at radius 1 is 1.28 bits per heavy atom. The molecule has 4 nitrogen and oxygen atoms in total. The number of ether oxygens (including phenoxy) is 2. The van der Waals surface area contributed by atoms with Gasteiger partial charge in [-0.1, -0.05) is 0 Å². The van der Waals surface area contributed by atoms with E-state index in [0.717, 1.165) is 36.6 Å². The molecule has 100 valence electrons. The van der Waals surface area contributed by atoms with Crippen molar-refractivity contribution in [1.82, 2.24) is 0 Å². The van der Waals surface area contributed by atoms with Gasteiger partial charge in [0, 0.05) is 24.8 Å². The maximum Gasteiger partial charge on any atom is 0.163 e. The number of methoxy groups -OCH3 is 1. The molecule has 1 saturated carbocycles. The molecule has 18 heavy (non-hydrogen) atoms. The van der Waals surface area contributed by atoms with Gasteiger partial charge in [-0.05, 0) is 37.8 Å². The molecule has 1 aliphatic carbocycles. The van der Waals surface area contributed by atoms with Crippen molar-refractivity contribution in [2.45, 2.75) is 31.8 Å². The van der Waals surface area contributed by atoms with Gasteiger partial charge in [-0.25, -0.2) is 0 Å². The lowest BCUT2D eigenvalue weighted by Gasteiger charge is -2.17. The molecule has 0 amide bonds. The predicted molar refractivity (Wildman–Crippen MR) is 73.4 cm³/mol. The van der Waals surface area contributed by atoms with Crippen molar-refractivity contribution in [3.63, 3.8) is 0 Å². The molecule has 0 unspecified atom stereocenters. The zero-order valence-electron chi connectivity index (χ0n) is 10.9. The monoisotopic (exact) mass is 250 g/mol. The number of hydrogen-bond donors (Lipinski definition) is 2. The SMILES string of the molecule is COc1ccc(NCCN)cc1OC1CCCC1. The first kappa shape index (κ1) is 13.0. The van der Waals surface area contributed by atoms with Crippen molar-refractivity contribution in [2.75, 3.05) is 25.5 Å². The van der Waals surface area contributed by atoms with E-state index < -0.39 is 0 Å². The number of anilines is 1. The fraction of sp³-hybridized carbons (Fsp3) is 0.571. The van der Waals surface area contributed by atoms with Crippen LogP contribution in [0.5, 0.6) is 11.5 Å². The highest BCUT2D eigenvalue weighted by atomic mass is 16.5. The summed E-state index contributed by atoms with van der Waals surface area (Å²) in [5.41, 5.74) is 6.51. The highest BCUT2D eigenvalue weighted by Crippen LogP contribution is 2.33. The molecular weight excluding hydrogens is 228 g/mol. The van der Waals surface area contributed by atoms with Gasteiger partial charge in [0.05, 0.1) is 13.2 Å². The molecule has 0 spiro atoms. The van der Waals surface area contributed by atoms with Crippen LogP contribution in [0.25, 0.3) is 0 Å². The van der Waals surface area contributed by atoms with Crippen LogP contribution in [-0.4, -0.2) is 26.3 Å². The lowest BCUT2D eigenvalue weighted by molar-refractivity contribution is 0.201. The molecule has 1 aliphatic rings. The van der Waals surface area contributed by atoms with Crippen LogP contribution < -0.4 is 20.5 Å². The number of nitrogens with two attached hydrogens (primary N) is 1. The molecule has 0 bridgehead atoms. The van der Waals surface area contributed by atoms with E-state index in [0.29, 0.717) is 12.6 Å². The van der Waals surface area contributed by atoms with E-state index in [1.54, 1.807) is 7.11 Å². The van der Waals surface area contributed by atoms with Crippen LogP contribution in [-0.2, 0) is 0 Å². The molecule has 4 heteroatoms. The van der Waals surface area contributed by atoms with E-state index in [1.165, 1.54) is 12.8 Å². The Hall–Kier alpha value is -1.42. The van der Waals surface area contributed by atoms with Crippen molar-refractivity contribution in [3.8, 4) is 11.5 Å². The standard InChI is InChI=1S/C14H22N2O2/c1-17-13-7-6-11(16-9-8-15)10-14(13)18-12-4-2-3-5-12/h6-7,10,12,16H,2-5,8-9,15H2,1H3. The van der Waals surface area contributed by atoms with Crippen LogP contribution in [0.3, 0.4) is 0 Å². The zero-order chi connectivity index (χ0) is 12.8. The predicted octanol–water partition coefficient (Wildman–Crippen LogP) is 2.39. The summed E-state index contributed by atoms with van der Waals surface area (Å²) in [4.78, 5) is 0. The molecule has 0 aromatic heterocycles. The minimum absolute atomic E-state index is 0.337. The minimum atomic E-state index is 0.337. The number of hydrogen-bond acceptors (Lipinski definition) is 4. The fourth-order valence-electron chi connectivity index (χ4n) is 2.28. The van der Waals surface area contributed by atoms with E-state index >= 15 is 0 Å². The Morgan fingerprint density at radius 3 is 2.72 bits per heavy atom. The second-order valence-electron chi connectivity index (χ2n) is 4.61. The second-order valence-corrected chi connectivity index (χ2v) is 4.61. The van der Waals surface area contributed by atoms with Crippen molar-refractivity contribution in [1.29, 1.82) is 0 Å². The average molecular weight is 250 g/mol. The molecule has 0 heterocycles. The highest BCUT2D eigenvalue weighted by Gasteiger charge is 2.18. The lowest BCUT2D eigenvalue weighted by Crippen LogP contribution is -2.14. The Balaban J connectivity index is 2.08. The van der Waals surface area contributed by atoms with E-state index in [2.05, 4.69) is 5.32 Å². The van der Waals surface area contributed by atoms with E-state index in [4.69, 9.17) is 15.2 Å². The summed E-state index contributed by atoms with van der Waals surface area (Å²) in [6.07, 6.45) is 5.15. The molecule has 1 aromatic rings. The summed E-state index contributed by atoms with van der Waals surface area (Å²) in [5, 5.41) is 3.25. The largest absolute Gasteiger partial charge is 0.493 e. The summed E-state index contributed by atoms with van der Waals surface area (Å²) in [7, 11) is 1.67. The minimum Gasteiger partial charge on any atom is -0.493 e. The summed E-state index contributed by atoms with van der Waals surface area (Å²) in [5.74, 6) is 1.62. The lowest BCUT2D eigenvalue weighted by atomic mass is 10.2. The zero-order valence-corrected chi connectivity index (χ0v) is 10.9. The quantitative estimate of drug-likeness (QED) is 0.814. The third-order valence-electron chi connectivity index (χ3n) is 3.23. The summed E-state index contributed by atoms with van der Waals surface area (Å²) in [6.45, 7) is 1.38. The summed E-state index contributed by atoms with van der Waals surface area (Å²) in [6, 6.07) is 5.91. The maximum atomic E-state index is 6.02. The van der Waals surface area contributed by atoms with Crippen molar-refractivity contribution in [3.05, 3.63) is 18.2 Å². The molecule has 1 fully saturated rings. The molecule has 1 aromatic carbocycles. The Kier molecular flexibility index (Phi) is 4.70. The summed E-state index contributed by atoms with van der Waals surface area (Å²) < 4.78 is 11.4. The van der Waals surface area contributed by atoms with E-state index in [-0.39, 0.29) is 0 Å². The van der Waals surface area contributed by atoms with Gasteiger partial charge >= 0.3 is 0 Å². The first-order chi connectivity index (χ1) is 8.83. The second kappa shape index (κ2) is 6.50. The average Bonchev–Trinajstić information content (AvgIpc) is 2.89. The normalized spacial score (nSPS) is 15.7. The van der Waals surface area contributed by atoms with Gasteiger partial charge < -0.3 is 20.5 Å². The van der Waals surface area contributed by atoms with Crippen LogP contribution in [0, 0.1) is 0 Å². The number of nitrogens with one attached hydrogen (secondary N) is 1. The van der Waals surface area contributed by atoms with Gasteiger partial charge in [-0.2, -0.15) is 0 Å². The van der Waals surface area contributed by atoms with E-state index in [1.807, 2.05) is 18.2 Å². The number of rotatable bonds is 6. The van der Waals surface area contributed by atoms with E-state index in [9.17, 15) is 0 Å². The molecule has 0 atom stereocenters. The molecule has 0 saturated heterocycles. The molecule has 0 aliphatic heterocycles. The first-order valence-electron chi connectivity index (χ1n) is 6.62. The first-order valence-corrected chi connectivity index (χ1v) is 6.62. The van der Waals surface area contributed by atoms with Gasteiger partial charge in [-0.15, -0.1) is 0 Å². The topological polar surface area (TPSA) is 56.5 Å². The van der Waals surface area contributed by atoms with Crippen LogP contribution >= 0.6 is 0 Å². The summed E-state index contributed by atoms with van der Waals surface area (Å²) >= 11 is 0. The Morgan fingerprint density at radius 2 is 2.06 bits per heavy atom. The van der Waals surface area contributed by atoms with Crippen LogP contribution in [0.4, 0.5) is 5.69 Å². The van der Waals surface area contributed by atoms with Crippen LogP contribution in [0.1, 0.15) is 25.7 Å². The van der Waals surface area contributed by atoms with Gasteiger partial charge in [0.2, 0.25) is 0 Å². The smallest absolute Gasteiger partial charge is 0.163 e. The highest BCUT2D eigenvalue weighted by molar-refractivity contribution is 5.54. The van der Waals surface area contributed by atoms with Crippen molar-refractivity contribution >= 4 is 5.69 Å². The van der Waals surface area contributed by atoms with Gasteiger partial charge in [-0.3, -0.25) is 0 Å². The van der Waals surface area contributed by atoms with Gasteiger partial charge in [0.25, 0.3) is 0 Å². The van der Waals surface area contributed by atoms with Gasteiger partial charge in [0.15, 0.2) is 11.5 Å². The Labute approximate surface area is 108 Å². The third kappa shape index (κ3) is 3.29. The Bertz CT molecular complexity index is 376. The molecule has 2 rings (SSSR count).